The van der Waals surface area contributed by atoms with Gasteiger partial charge in [-0.1, -0.05) is 71.1 Å². The van der Waals surface area contributed by atoms with Crippen LogP contribution in [0.1, 0.15) is 77.6 Å². The van der Waals surface area contributed by atoms with Crippen molar-refractivity contribution in [2.24, 2.45) is 0 Å². The van der Waals surface area contributed by atoms with E-state index >= 15 is 0 Å². The molecule has 10 heteroatoms. The molecule has 0 fully saturated rings. The average molecular weight is 569 g/mol. The molecule has 0 heterocycles. The van der Waals surface area contributed by atoms with E-state index in [1.165, 1.54) is 64.2 Å². The Morgan fingerprint density at radius 2 is 0.615 bits per heavy atom. The summed E-state index contributed by atoms with van der Waals surface area (Å²) in [7, 11) is 0. The number of aliphatic hydroxyl groups excluding tert-OH is 1. The molecule has 0 bridgehead atoms. The predicted octanol–water partition coefficient (Wildman–Crippen LogP) is 4.35. The summed E-state index contributed by atoms with van der Waals surface area (Å²) in [6.07, 6.45) is 14.7. The van der Waals surface area contributed by atoms with Gasteiger partial charge in [-0.2, -0.15) is 0 Å². The van der Waals surface area contributed by atoms with Gasteiger partial charge in [0, 0.05) is 6.61 Å². The lowest BCUT2D eigenvalue weighted by molar-refractivity contribution is -0.137. The van der Waals surface area contributed by atoms with Crippen LogP contribution in [-0.4, -0.2) is 118 Å². The summed E-state index contributed by atoms with van der Waals surface area (Å²) in [5.41, 5.74) is 0. The minimum atomic E-state index is 0.0317. The lowest BCUT2D eigenvalue weighted by Crippen LogP contribution is -2.15. The van der Waals surface area contributed by atoms with Crippen molar-refractivity contribution in [1.82, 2.24) is 0 Å². The van der Waals surface area contributed by atoms with Gasteiger partial charge in [0.25, 0.3) is 0 Å². The van der Waals surface area contributed by atoms with Crippen molar-refractivity contribution in [3.05, 3.63) is 0 Å². The van der Waals surface area contributed by atoms with Gasteiger partial charge in [-0.3, -0.25) is 0 Å². The second kappa shape index (κ2) is 37.6. The van der Waals surface area contributed by atoms with Crippen LogP contribution in [0.3, 0.4) is 0 Å². The smallest absolute Gasteiger partial charge is 0.149 e. The van der Waals surface area contributed by atoms with Crippen LogP contribution in [0.15, 0.2) is 0 Å². The van der Waals surface area contributed by atoms with Crippen LogP contribution in [-0.2, 0) is 42.6 Å². The molecule has 236 valence electrons. The molecule has 1 N–H and O–H groups in total. The third kappa shape index (κ3) is 37.6. The first-order chi connectivity index (χ1) is 19.4. The van der Waals surface area contributed by atoms with Crippen molar-refractivity contribution in [1.29, 1.82) is 0 Å². The summed E-state index contributed by atoms with van der Waals surface area (Å²) in [6, 6.07) is 0. The van der Waals surface area contributed by atoms with Gasteiger partial charge >= 0.3 is 0 Å². The molecule has 0 saturated carbocycles. The number of hydrogen-bond acceptors (Lipinski definition) is 10. The van der Waals surface area contributed by atoms with Crippen LogP contribution < -0.4 is 0 Å². The molecule has 39 heavy (non-hydrogen) atoms. The normalized spacial score (nSPS) is 11.5. The van der Waals surface area contributed by atoms with Gasteiger partial charge in [0.2, 0.25) is 0 Å². The number of rotatable bonds is 36. The fourth-order valence-corrected chi connectivity index (χ4v) is 3.52. The molecule has 0 aromatic carbocycles. The molecule has 0 amide bonds. The van der Waals surface area contributed by atoms with Crippen molar-refractivity contribution in [3.63, 3.8) is 0 Å². The highest BCUT2D eigenvalue weighted by Crippen LogP contribution is 2.11. The quantitative estimate of drug-likeness (QED) is 0.0866. The highest BCUT2D eigenvalue weighted by atomic mass is 16.7. The van der Waals surface area contributed by atoms with Crippen LogP contribution >= 0.6 is 0 Å². The summed E-state index contributed by atoms with van der Waals surface area (Å²) in [6.45, 7) is 9.96. The molecule has 0 atom stereocenters. The molecule has 0 saturated heterocycles. The van der Waals surface area contributed by atoms with Crippen molar-refractivity contribution < 1.29 is 47.7 Å². The lowest BCUT2D eigenvalue weighted by atomic mass is 10.1. The number of hydrogen-bond donors (Lipinski definition) is 1. The van der Waals surface area contributed by atoms with E-state index in [2.05, 4.69) is 6.92 Å². The third-order valence-electron chi connectivity index (χ3n) is 5.69. The van der Waals surface area contributed by atoms with Gasteiger partial charge < -0.3 is 47.7 Å². The fourth-order valence-electron chi connectivity index (χ4n) is 3.52. The van der Waals surface area contributed by atoms with E-state index in [0.717, 1.165) is 13.0 Å². The van der Waals surface area contributed by atoms with Crippen LogP contribution in [0.25, 0.3) is 0 Å². The highest BCUT2D eigenvalue weighted by molar-refractivity contribution is 4.47. The minimum Gasteiger partial charge on any atom is -0.394 e. The molecule has 0 aliphatic carbocycles. The molecular weight excluding hydrogens is 508 g/mol. The molecule has 0 aromatic heterocycles. The monoisotopic (exact) mass is 568 g/mol. The van der Waals surface area contributed by atoms with Gasteiger partial charge in [-0.25, -0.2) is 0 Å². The van der Waals surface area contributed by atoms with E-state index in [4.69, 9.17) is 47.7 Å². The maximum Gasteiger partial charge on any atom is 0.149 e. The zero-order chi connectivity index (χ0) is 28.2. The Morgan fingerprint density at radius 1 is 0.308 bits per heavy atom. The Balaban J connectivity index is 3.01. The Hall–Kier alpha value is -0.400. The maximum absolute atomic E-state index is 8.57. The average Bonchev–Trinajstić information content (AvgIpc) is 2.95. The molecule has 0 aromatic rings. The Morgan fingerprint density at radius 3 is 1.00 bits per heavy atom. The number of unbranched alkanes of at least 4 members (excludes halogenated alkanes) is 10. The second-order valence-electron chi connectivity index (χ2n) is 9.19. The number of aliphatic hydroxyl groups is 1. The van der Waals surface area contributed by atoms with Gasteiger partial charge in [-0.15, -0.1) is 0 Å². The molecule has 0 unspecified atom stereocenters. The van der Waals surface area contributed by atoms with E-state index in [1.54, 1.807) is 0 Å². The molecule has 0 spiro atoms. The molecule has 0 radical (unpaired) electrons. The van der Waals surface area contributed by atoms with E-state index < -0.39 is 0 Å². The van der Waals surface area contributed by atoms with E-state index in [1.807, 2.05) is 0 Å². The Kier molecular flexibility index (Phi) is 37.2. The van der Waals surface area contributed by atoms with Crippen LogP contribution in [0.4, 0.5) is 0 Å². The van der Waals surface area contributed by atoms with Crippen molar-refractivity contribution in [2.45, 2.75) is 77.6 Å². The first-order valence-corrected chi connectivity index (χ1v) is 15.2. The predicted molar refractivity (Wildman–Crippen MR) is 151 cm³/mol. The first kappa shape index (κ1) is 38.6. The van der Waals surface area contributed by atoms with Crippen LogP contribution in [0, 0.1) is 0 Å². The molecule has 0 aliphatic rings. The van der Waals surface area contributed by atoms with E-state index in [9.17, 15) is 0 Å². The zero-order valence-electron chi connectivity index (χ0n) is 24.9. The van der Waals surface area contributed by atoms with Crippen LogP contribution in [0.2, 0.25) is 0 Å². The van der Waals surface area contributed by atoms with Gasteiger partial charge in [0.15, 0.2) is 0 Å². The second-order valence-corrected chi connectivity index (χ2v) is 9.19. The Labute approximate surface area is 238 Å². The topological polar surface area (TPSA) is 103 Å². The lowest BCUT2D eigenvalue weighted by Gasteiger charge is -2.09. The van der Waals surface area contributed by atoms with Crippen molar-refractivity contribution in [2.75, 3.05) is 113 Å². The molecular formula is C29H60O10. The molecule has 0 rings (SSSR count). The minimum absolute atomic E-state index is 0.0317. The van der Waals surface area contributed by atoms with Gasteiger partial charge in [0.05, 0.1) is 92.5 Å². The number of ether oxygens (including phenoxy) is 9. The third-order valence-corrected chi connectivity index (χ3v) is 5.69. The Bertz CT molecular complexity index is 382. The van der Waals surface area contributed by atoms with E-state index in [0.29, 0.717) is 85.9 Å². The van der Waals surface area contributed by atoms with Crippen molar-refractivity contribution in [3.8, 4) is 0 Å². The first-order valence-electron chi connectivity index (χ1n) is 15.2. The largest absolute Gasteiger partial charge is 0.394 e. The summed E-state index contributed by atoms with van der Waals surface area (Å²) >= 11 is 0. The molecule has 10 nitrogen and oxygen atoms in total. The molecule has 0 aliphatic heterocycles. The van der Waals surface area contributed by atoms with Gasteiger partial charge in [-0.05, 0) is 6.42 Å². The standard InChI is InChI=1S/C29H60O10/c1-2-3-4-5-6-7-8-9-10-11-12-14-37-28-39-29-38-27-26-36-25-24-35-23-22-34-21-20-33-19-18-32-17-16-31-15-13-30/h30H,2-29H2,1H3. The summed E-state index contributed by atoms with van der Waals surface area (Å²) < 4.78 is 48.3. The van der Waals surface area contributed by atoms with Gasteiger partial charge in [0.1, 0.15) is 13.6 Å². The zero-order valence-corrected chi connectivity index (χ0v) is 24.9. The van der Waals surface area contributed by atoms with Crippen molar-refractivity contribution >= 4 is 0 Å². The summed E-state index contributed by atoms with van der Waals surface area (Å²) in [4.78, 5) is 0. The SMILES string of the molecule is CCCCCCCCCCCCCOCOCOCCOCCOCCOCCOCCOCCOCCO. The fraction of sp³-hybridized carbons (Fsp3) is 1.00. The van der Waals surface area contributed by atoms with E-state index in [-0.39, 0.29) is 20.2 Å². The maximum atomic E-state index is 8.57. The summed E-state index contributed by atoms with van der Waals surface area (Å²) in [5.74, 6) is 0. The van der Waals surface area contributed by atoms with Crippen LogP contribution in [0.5, 0.6) is 0 Å². The summed E-state index contributed by atoms with van der Waals surface area (Å²) in [5, 5.41) is 8.57. The highest BCUT2D eigenvalue weighted by Gasteiger charge is 1.96.